The highest BCUT2D eigenvalue weighted by molar-refractivity contribution is 6.31. The fraction of sp³-hybridized carbons (Fsp3) is 0.577. The molecule has 2 amide bonds. The number of hydrogen-bond donors (Lipinski definition) is 2. The molecule has 222 valence electrons. The number of alkyl halides is 5. The molecule has 3 atom stereocenters. The zero-order valence-electron chi connectivity index (χ0n) is 22.1. The summed E-state index contributed by atoms with van der Waals surface area (Å²) in [6.07, 6.45) is -2.20. The molecule has 41 heavy (non-hydrogen) atoms. The van der Waals surface area contributed by atoms with Crippen LogP contribution in [-0.2, 0) is 17.8 Å². The fourth-order valence-corrected chi connectivity index (χ4v) is 5.84. The Morgan fingerprint density at radius 2 is 2.02 bits per heavy atom. The van der Waals surface area contributed by atoms with E-state index in [1.54, 1.807) is 12.3 Å². The second-order valence-electron chi connectivity index (χ2n) is 10.7. The van der Waals surface area contributed by atoms with Gasteiger partial charge in [0.05, 0.1) is 34.6 Å². The van der Waals surface area contributed by atoms with E-state index >= 15 is 0 Å². The van der Waals surface area contributed by atoms with Crippen LogP contribution in [0.2, 0.25) is 5.02 Å². The average molecular weight is 602 g/mol. The summed E-state index contributed by atoms with van der Waals surface area (Å²) in [5, 5.41) is 13.9. The number of halogens is 6. The van der Waals surface area contributed by atoms with Gasteiger partial charge in [-0.05, 0) is 38.2 Å². The number of rotatable bonds is 7. The van der Waals surface area contributed by atoms with Crippen molar-refractivity contribution in [1.29, 1.82) is 0 Å². The van der Waals surface area contributed by atoms with Crippen molar-refractivity contribution in [1.82, 2.24) is 35.0 Å². The topological polar surface area (TPSA) is 106 Å². The SMILES string of the molecule is CCn1nccc1C(=O)NC(c1cn2nc(CC3C[C@@H](C(F)(F)F)CNC3=O)c(Cl)cc2n1)C1CCC(F)(F)CC1. The molecule has 0 radical (unpaired) electrons. The minimum Gasteiger partial charge on any atom is -0.355 e. The third-order valence-electron chi connectivity index (χ3n) is 7.95. The monoisotopic (exact) mass is 601 g/mol. The number of amides is 2. The molecule has 1 aliphatic heterocycles. The van der Waals surface area contributed by atoms with Gasteiger partial charge in [-0.2, -0.15) is 23.4 Å². The highest BCUT2D eigenvalue weighted by atomic mass is 35.5. The van der Waals surface area contributed by atoms with E-state index in [0.29, 0.717) is 23.6 Å². The molecule has 0 spiro atoms. The molecule has 3 aromatic rings. The van der Waals surface area contributed by atoms with E-state index in [-0.39, 0.29) is 55.2 Å². The summed E-state index contributed by atoms with van der Waals surface area (Å²) in [7, 11) is 0. The van der Waals surface area contributed by atoms with E-state index in [4.69, 9.17) is 11.6 Å². The maximum atomic E-state index is 14.0. The normalized spacial score (nSPS) is 22.5. The molecule has 5 rings (SSSR count). The zero-order valence-corrected chi connectivity index (χ0v) is 22.9. The van der Waals surface area contributed by atoms with Crippen molar-refractivity contribution in [3.63, 3.8) is 0 Å². The quantitative estimate of drug-likeness (QED) is 0.380. The maximum absolute atomic E-state index is 14.0. The van der Waals surface area contributed by atoms with Gasteiger partial charge in [-0.3, -0.25) is 14.3 Å². The Bertz CT molecular complexity index is 1430. The van der Waals surface area contributed by atoms with Crippen LogP contribution in [0.5, 0.6) is 0 Å². The molecule has 4 heterocycles. The Morgan fingerprint density at radius 1 is 1.29 bits per heavy atom. The number of aromatic nitrogens is 5. The number of fused-ring (bicyclic) bond motifs is 1. The van der Waals surface area contributed by atoms with E-state index in [1.165, 1.54) is 21.5 Å². The molecule has 0 aromatic carbocycles. The smallest absolute Gasteiger partial charge is 0.355 e. The Kier molecular flexibility index (Phi) is 7.96. The second kappa shape index (κ2) is 11.2. The summed E-state index contributed by atoms with van der Waals surface area (Å²) < 4.78 is 70.7. The molecule has 1 saturated carbocycles. The van der Waals surface area contributed by atoms with Gasteiger partial charge in [-0.15, -0.1) is 0 Å². The predicted molar refractivity (Wildman–Crippen MR) is 137 cm³/mol. The van der Waals surface area contributed by atoms with Crippen LogP contribution >= 0.6 is 11.6 Å². The molecule has 2 fully saturated rings. The van der Waals surface area contributed by atoms with Gasteiger partial charge in [0.1, 0.15) is 5.69 Å². The number of imidazole rings is 1. The van der Waals surface area contributed by atoms with Crippen molar-refractivity contribution < 1.29 is 31.5 Å². The third-order valence-corrected chi connectivity index (χ3v) is 8.27. The lowest BCUT2D eigenvalue weighted by Crippen LogP contribution is -2.47. The highest BCUT2D eigenvalue weighted by Crippen LogP contribution is 2.41. The first-order valence-corrected chi connectivity index (χ1v) is 13.8. The van der Waals surface area contributed by atoms with Gasteiger partial charge in [0.2, 0.25) is 11.8 Å². The Hall–Kier alpha value is -3.29. The number of aryl methyl sites for hydroxylation is 1. The fourth-order valence-electron chi connectivity index (χ4n) is 5.63. The average Bonchev–Trinajstić information content (AvgIpc) is 3.55. The summed E-state index contributed by atoms with van der Waals surface area (Å²) in [5.41, 5.74) is 1.21. The molecule has 1 aliphatic carbocycles. The van der Waals surface area contributed by atoms with Crippen LogP contribution in [0.25, 0.3) is 5.65 Å². The van der Waals surface area contributed by atoms with Crippen LogP contribution in [0.4, 0.5) is 22.0 Å². The molecule has 2 unspecified atom stereocenters. The predicted octanol–water partition coefficient (Wildman–Crippen LogP) is 4.75. The molecule has 2 aliphatic rings. The number of nitrogens with zero attached hydrogens (tertiary/aromatic N) is 5. The molecule has 9 nitrogen and oxygen atoms in total. The first-order valence-electron chi connectivity index (χ1n) is 13.4. The summed E-state index contributed by atoms with van der Waals surface area (Å²) in [6.45, 7) is 1.82. The minimum absolute atomic E-state index is 0.112. The minimum atomic E-state index is -4.44. The molecule has 3 aromatic heterocycles. The molecule has 2 N–H and O–H groups in total. The highest BCUT2D eigenvalue weighted by Gasteiger charge is 2.45. The van der Waals surface area contributed by atoms with Crippen molar-refractivity contribution in [2.45, 2.75) is 70.1 Å². The second-order valence-corrected chi connectivity index (χ2v) is 11.1. The van der Waals surface area contributed by atoms with Gasteiger partial charge < -0.3 is 10.6 Å². The van der Waals surface area contributed by atoms with E-state index < -0.39 is 48.3 Å². The number of carbonyl (C=O) groups is 2. The summed E-state index contributed by atoms with van der Waals surface area (Å²) in [6, 6.07) is 2.32. The molecule has 0 bridgehead atoms. The summed E-state index contributed by atoms with van der Waals surface area (Å²) in [5.74, 6) is -6.67. The van der Waals surface area contributed by atoms with Crippen molar-refractivity contribution in [3.8, 4) is 0 Å². The van der Waals surface area contributed by atoms with Crippen LogP contribution in [0.1, 0.15) is 66.9 Å². The third kappa shape index (κ3) is 6.31. The number of hydrogen-bond acceptors (Lipinski definition) is 5. The standard InChI is InChI=1S/C26H29ClF5N7O2/c1-2-38-20(5-8-34-38)24(41)36-22(14-3-6-25(28,29)7-4-14)19-13-39-21(35-19)11-17(27)18(37-39)10-15-9-16(26(30,31)32)12-33-23(15)40/h5,8,11,13-16,22H,2-4,6-7,9-10,12H2,1H3,(H,33,40)(H,36,41)/t15?,16-,22?/m1/s1. The molecular weight excluding hydrogens is 573 g/mol. The van der Waals surface area contributed by atoms with Crippen LogP contribution in [0.3, 0.4) is 0 Å². The Morgan fingerprint density at radius 3 is 2.71 bits per heavy atom. The van der Waals surface area contributed by atoms with Gasteiger partial charge in [-0.1, -0.05) is 11.6 Å². The van der Waals surface area contributed by atoms with Crippen LogP contribution in [0, 0.1) is 17.8 Å². The van der Waals surface area contributed by atoms with Gasteiger partial charge in [0.25, 0.3) is 5.91 Å². The summed E-state index contributed by atoms with van der Waals surface area (Å²) >= 11 is 6.42. The first-order chi connectivity index (χ1) is 19.3. The number of nitrogens with one attached hydrogen (secondary N) is 2. The number of carbonyl (C=O) groups excluding carboxylic acids is 2. The van der Waals surface area contributed by atoms with Crippen molar-refractivity contribution in [2.24, 2.45) is 17.8 Å². The van der Waals surface area contributed by atoms with Crippen molar-refractivity contribution >= 4 is 29.1 Å². The number of piperidine rings is 1. The van der Waals surface area contributed by atoms with E-state index in [0.717, 1.165) is 0 Å². The van der Waals surface area contributed by atoms with Crippen LogP contribution in [-0.4, -0.2) is 54.8 Å². The van der Waals surface area contributed by atoms with Gasteiger partial charge in [0, 0.05) is 50.5 Å². The van der Waals surface area contributed by atoms with E-state index in [2.05, 4.69) is 25.8 Å². The van der Waals surface area contributed by atoms with Crippen molar-refractivity contribution in [3.05, 3.63) is 46.6 Å². The lowest BCUT2D eigenvalue weighted by molar-refractivity contribution is -0.183. The van der Waals surface area contributed by atoms with E-state index in [1.807, 2.05) is 6.92 Å². The lowest BCUT2D eigenvalue weighted by atomic mass is 9.81. The summed E-state index contributed by atoms with van der Waals surface area (Å²) in [4.78, 5) is 30.1. The Labute approximate surface area is 236 Å². The van der Waals surface area contributed by atoms with E-state index in [9.17, 15) is 31.5 Å². The molecule has 15 heteroatoms. The maximum Gasteiger partial charge on any atom is 0.393 e. The molecular formula is C26H29ClF5N7O2. The largest absolute Gasteiger partial charge is 0.393 e. The van der Waals surface area contributed by atoms with Gasteiger partial charge >= 0.3 is 6.18 Å². The Balaban J connectivity index is 1.43. The first kappa shape index (κ1) is 29.2. The zero-order chi connectivity index (χ0) is 29.5. The molecule has 1 saturated heterocycles. The van der Waals surface area contributed by atoms with Gasteiger partial charge in [0.15, 0.2) is 5.65 Å². The van der Waals surface area contributed by atoms with Gasteiger partial charge in [-0.25, -0.2) is 18.3 Å². The van der Waals surface area contributed by atoms with Crippen LogP contribution < -0.4 is 10.6 Å². The van der Waals surface area contributed by atoms with Crippen molar-refractivity contribution in [2.75, 3.05) is 6.54 Å². The van der Waals surface area contributed by atoms with Crippen LogP contribution in [0.15, 0.2) is 24.5 Å². The lowest BCUT2D eigenvalue weighted by Gasteiger charge is -2.33.